The van der Waals surface area contributed by atoms with Gasteiger partial charge in [-0.3, -0.25) is 9.59 Å². The average Bonchev–Trinajstić information content (AvgIpc) is 2.53. The van der Waals surface area contributed by atoms with Gasteiger partial charge in [0.25, 0.3) is 0 Å². The van der Waals surface area contributed by atoms with E-state index in [0.717, 1.165) is 6.42 Å². The molecule has 2 atom stereocenters. The number of rotatable bonds is 3. The Morgan fingerprint density at radius 2 is 2.14 bits per heavy atom. The number of amides is 1. The summed E-state index contributed by atoms with van der Waals surface area (Å²) in [6.45, 7) is 1.77. The van der Waals surface area contributed by atoms with E-state index in [1.165, 1.54) is 6.08 Å². The Hall–Kier alpha value is -1.32. The lowest BCUT2D eigenvalue weighted by atomic mass is 10.1. The molecule has 0 unspecified atom stereocenters. The van der Waals surface area contributed by atoms with Crippen molar-refractivity contribution < 1.29 is 14.7 Å². The highest BCUT2D eigenvalue weighted by Gasteiger charge is 2.29. The number of carboxylic acid groups (broad SMARTS) is 1. The van der Waals surface area contributed by atoms with E-state index in [9.17, 15) is 9.59 Å². The van der Waals surface area contributed by atoms with Gasteiger partial charge in [-0.2, -0.15) is 0 Å². The Bertz CT molecular complexity index is 260. The van der Waals surface area contributed by atoms with E-state index >= 15 is 0 Å². The lowest BCUT2D eigenvalue weighted by molar-refractivity contribution is -0.141. The molecule has 14 heavy (non-hydrogen) atoms. The summed E-state index contributed by atoms with van der Waals surface area (Å²) in [6, 6.07) is 0.0276. The standard InChI is InChI=1S/C10H15NO3/c1-2-3-9(12)11-8-5-4-7(6-8)10(13)14/h2-3,7-8H,4-6H2,1H3,(H,11,12)(H,13,14)/b3-2+/t7-,8+/m0/s1. The van der Waals surface area contributed by atoms with Crippen molar-refractivity contribution in [2.24, 2.45) is 5.92 Å². The van der Waals surface area contributed by atoms with Crippen LogP contribution in [-0.4, -0.2) is 23.0 Å². The maximum atomic E-state index is 11.1. The Morgan fingerprint density at radius 1 is 1.43 bits per heavy atom. The molecule has 78 valence electrons. The van der Waals surface area contributed by atoms with E-state index in [-0.39, 0.29) is 17.9 Å². The molecule has 1 aliphatic carbocycles. The van der Waals surface area contributed by atoms with E-state index in [4.69, 9.17) is 5.11 Å². The summed E-state index contributed by atoms with van der Waals surface area (Å²) in [6.07, 6.45) is 5.10. The molecule has 0 spiro atoms. The summed E-state index contributed by atoms with van der Waals surface area (Å²) in [4.78, 5) is 21.8. The first kappa shape index (κ1) is 10.8. The van der Waals surface area contributed by atoms with E-state index < -0.39 is 5.97 Å². The Morgan fingerprint density at radius 3 is 2.64 bits per heavy atom. The summed E-state index contributed by atoms with van der Waals surface area (Å²) < 4.78 is 0. The molecule has 0 saturated heterocycles. The number of nitrogens with one attached hydrogen (secondary N) is 1. The van der Waals surface area contributed by atoms with Crippen LogP contribution in [0.25, 0.3) is 0 Å². The molecule has 4 heteroatoms. The Kier molecular flexibility index (Phi) is 3.68. The third kappa shape index (κ3) is 2.87. The molecule has 1 aliphatic rings. The van der Waals surface area contributed by atoms with Gasteiger partial charge in [0.15, 0.2) is 0 Å². The molecule has 0 aromatic heterocycles. The minimum absolute atomic E-state index is 0.0276. The first-order chi connectivity index (χ1) is 6.63. The second-order valence-electron chi connectivity index (χ2n) is 3.55. The molecular formula is C10H15NO3. The monoisotopic (exact) mass is 197 g/mol. The number of hydrogen-bond donors (Lipinski definition) is 2. The zero-order valence-corrected chi connectivity index (χ0v) is 8.19. The van der Waals surface area contributed by atoms with Crippen molar-refractivity contribution in [2.45, 2.75) is 32.2 Å². The number of carboxylic acids is 1. The first-order valence-corrected chi connectivity index (χ1v) is 4.79. The Balaban J connectivity index is 2.36. The van der Waals surface area contributed by atoms with Crippen molar-refractivity contribution in [3.05, 3.63) is 12.2 Å². The topological polar surface area (TPSA) is 66.4 Å². The van der Waals surface area contributed by atoms with Gasteiger partial charge in [-0.1, -0.05) is 6.08 Å². The molecule has 0 aromatic rings. The molecule has 0 aromatic carbocycles. The smallest absolute Gasteiger partial charge is 0.306 e. The molecule has 4 nitrogen and oxygen atoms in total. The van der Waals surface area contributed by atoms with Crippen LogP contribution >= 0.6 is 0 Å². The minimum atomic E-state index is -0.757. The van der Waals surface area contributed by atoms with Crippen LogP contribution < -0.4 is 5.32 Å². The van der Waals surface area contributed by atoms with Crippen molar-refractivity contribution in [1.29, 1.82) is 0 Å². The van der Waals surface area contributed by atoms with Crippen molar-refractivity contribution >= 4 is 11.9 Å². The number of carbonyl (C=O) groups excluding carboxylic acids is 1. The number of aliphatic carboxylic acids is 1. The van der Waals surface area contributed by atoms with Gasteiger partial charge in [0, 0.05) is 6.04 Å². The van der Waals surface area contributed by atoms with E-state index in [1.807, 2.05) is 0 Å². The maximum absolute atomic E-state index is 11.1. The van der Waals surface area contributed by atoms with E-state index in [0.29, 0.717) is 12.8 Å². The van der Waals surface area contributed by atoms with Crippen LogP contribution in [0, 0.1) is 5.92 Å². The Labute approximate surface area is 83.0 Å². The van der Waals surface area contributed by atoms with Crippen molar-refractivity contribution in [2.75, 3.05) is 0 Å². The molecule has 0 aliphatic heterocycles. The minimum Gasteiger partial charge on any atom is -0.481 e. The summed E-state index contributed by atoms with van der Waals surface area (Å²) in [5.74, 6) is -1.18. The maximum Gasteiger partial charge on any atom is 0.306 e. The molecule has 1 rings (SSSR count). The number of allylic oxidation sites excluding steroid dienone is 1. The van der Waals surface area contributed by atoms with Crippen LogP contribution in [0.15, 0.2) is 12.2 Å². The van der Waals surface area contributed by atoms with Gasteiger partial charge < -0.3 is 10.4 Å². The number of carbonyl (C=O) groups is 2. The predicted molar refractivity (Wildman–Crippen MR) is 51.7 cm³/mol. The van der Waals surface area contributed by atoms with E-state index in [2.05, 4.69) is 5.32 Å². The normalized spacial score (nSPS) is 26.6. The van der Waals surface area contributed by atoms with Crippen molar-refractivity contribution in [3.8, 4) is 0 Å². The van der Waals surface area contributed by atoms with Gasteiger partial charge in [-0.05, 0) is 32.3 Å². The molecule has 1 saturated carbocycles. The van der Waals surface area contributed by atoms with Crippen LogP contribution in [0.5, 0.6) is 0 Å². The SMILES string of the molecule is C/C=C/C(=O)N[C@@H]1CC[C@H](C(=O)O)C1. The quantitative estimate of drug-likeness (QED) is 0.661. The van der Waals surface area contributed by atoms with Crippen LogP contribution in [0.4, 0.5) is 0 Å². The van der Waals surface area contributed by atoms with Crippen LogP contribution in [0.1, 0.15) is 26.2 Å². The highest BCUT2D eigenvalue weighted by Crippen LogP contribution is 2.25. The first-order valence-electron chi connectivity index (χ1n) is 4.79. The second-order valence-corrected chi connectivity index (χ2v) is 3.55. The predicted octanol–water partition coefficient (Wildman–Crippen LogP) is 0.932. The lowest BCUT2D eigenvalue weighted by Crippen LogP contribution is -2.31. The summed E-state index contributed by atoms with van der Waals surface area (Å²) >= 11 is 0. The van der Waals surface area contributed by atoms with Crippen molar-refractivity contribution in [3.63, 3.8) is 0 Å². The lowest BCUT2D eigenvalue weighted by Gasteiger charge is -2.09. The zero-order chi connectivity index (χ0) is 10.6. The molecule has 0 heterocycles. The van der Waals surface area contributed by atoms with Crippen LogP contribution in [0.3, 0.4) is 0 Å². The highest BCUT2D eigenvalue weighted by atomic mass is 16.4. The fraction of sp³-hybridized carbons (Fsp3) is 0.600. The third-order valence-electron chi connectivity index (χ3n) is 2.45. The van der Waals surface area contributed by atoms with E-state index in [1.54, 1.807) is 13.0 Å². The van der Waals surface area contributed by atoms with Gasteiger partial charge in [-0.25, -0.2) is 0 Å². The van der Waals surface area contributed by atoms with Gasteiger partial charge >= 0.3 is 5.97 Å². The largest absolute Gasteiger partial charge is 0.481 e. The molecule has 1 amide bonds. The fourth-order valence-electron chi connectivity index (χ4n) is 1.74. The third-order valence-corrected chi connectivity index (χ3v) is 2.45. The van der Waals surface area contributed by atoms with Gasteiger partial charge in [0.2, 0.25) is 5.91 Å². The van der Waals surface area contributed by atoms with Crippen molar-refractivity contribution in [1.82, 2.24) is 5.32 Å². The molecule has 1 fully saturated rings. The zero-order valence-electron chi connectivity index (χ0n) is 8.19. The molecular weight excluding hydrogens is 182 g/mol. The fourth-order valence-corrected chi connectivity index (χ4v) is 1.74. The van der Waals surface area contributed by atoms with Gasteiger partial charge in [0.1, 0.15) is 0 Å². The van der Waals surface area contributed by atoms with Gasteiger partial charge in [-0.15, -0.1) is 0 Å². The molecule has 0 bridgehead atoms. The number of hydrogen-bond acceptors (Lipinski definition) is 2. The average molecular weight is 197 g/mol. The highest BCUT2D eigenvalue weighted by molar-refractivity contribution is 5.87. The van der Waals surface area contributed by atoms with Crippen LogP contribution in [-0.2, 0) is 9.59 Å². The molecule has 0 radical (unpaired) electrons. The summed E-state index contributed by atoms with van der Waals surface area (Å²) in [7, 11) is 0. The summed E-state index contributed by atoms with van der Waals surface area (Å²) in [5, 5.41) is 11.5. The second kappa shape index (κ2) is 4.79. The van der Waals surface area contributed by atoms with Gasteiger partial charge in [0.05, 0.1) is 5.92 Å². The molecule has 2 N–H and O–H groups in total. The summed E-state index contributed by atoms with van der Waals surface area (Å²) in [5.41, 5.74) is 0. The van der Waals surface area contributed by atoms with Crippen LogP contribution in [0.2, 0.25) is 0 Å².